The van der Waals surface area contributed by atoms with Gasteiger partial charge in [0, 0.05) is 43.9 Å². The minimum absolute atomic E-state index is 0.165. The normalized spacial score (nSPS) is 23.3. The van der Waals surface area contributed by atoms with Crippen molar-refractivity contribution in [3.8, 4) is 5.75 Å². The Morgan fingerprint density at radius 2 is 2.07 bits per heavy atom. The van der Waals surface area contributed by atoms with Crippen LogP contribution in [0.5, 0.6) is 5.75 Å². The van der Waals surface area contributed by atoms with E-state index in [2.05, 4.69) is 26.2 Å². The topological polar surface area (TPSA) is 57.7 Å². The third-order valence-electron chi connectivity index (χ3n) is 6.05. The monoisotopic (exact) mass is 432 g/mol. The lowest BCUT2D eigenvalue weighted by Gasteiger charge is -2.34. The maximum atomic E-state index is 11.9. The number of anilines is 2. The fraction of sp³-hybridized carbons (Fsp3) is 0.524. The number of thiazole rings is 1. The third kappa shape index (κ3) is 4.22. The fourth-order valence-corrected chi connectivity index (χ4v) is 5.25. The van der Waals surface area contributed by atoms with E-state index in [1.54, 1.807) is 17.5 Å². The highest BCUT2D eigenvalue weighted by atomic mass is 35.5. The summed E-state index contributed by atoms with van der Waals surface area (Å²) in [6.45, 7) is 5.93. The molecule has 29 heavy (non-hydrogen) atoms. The summed E-state index contributed by atoms with van der Waals surface area (Å²) in [5.41, 5.74) is 2.20. The maximum Gasteiger partial charge on any atom is 0.228 e. The Morgan fingerprint density at radius 3 is 2.86 bits per heavy atom. The summed E-state index contributed by atoms with van der Waals surface area (Å²) < 4.78 is 6.68. The Hall–Kier alpha value is -1.83. The molecule has 3 heterocycles. The number of carbonyl (C=O) groups is 1. The molecule has 2 unspecified atom stereocenters. The first-order valence-corrected chi connectivity index (χ1v) is 11.5. The standard InChI is InChI=1S/C21H25ClN4O2S/c22-19-13-23-21(29-19)26-8-6-25(7-9-26)5-1-2-10-28-14-3-4-15-16-12-17(16)20(27)24-18(15)11-14/h3-4,11,13,16-17H,1-2,5-10,12H2,(H,24,27). The number of hydrogen-bond donors (Lipinski definition) is 1. The number of unbranched alkanes of at least 4 members (excludes halogenated alkanes) is 1. The van der Waals surface area contributed by atoms with E-state index in [-0.39, 0.29) is 11.8 Å². The number of aromatic nitrogens is 1. The van der Waals surface area contributed by atoms with E-state index in [1.807, 2.05) is 12.1 Å². The lowest BCUT2D eigenvalue weighted by molar-refractivity contribution is -0.117. The zero-order chi connectivity index (χ0) is 19.8. The molecule has 3 aliphatic rings. The number of halogens is 1. The number of benzene rings is 1. The number of piperazine rings is 1. The van der Waals surface area contributed by atoms with Gasteiger partial charge >= 0.3 is 0 Å². The third-order valence-corrected chi connectivity index (χ3v) is 7.23. The highest BCUT2D eigenvalue weighted by Gasteiger charge is 2.48. The summed E-state index contributed by atoms with van der Waals surface area (Å²) in [6.07, 6.45) is 4.86. The zero-order valence-electron chi connectivity index (χ0n) is 16.3. The smallest absolute Gasteiger partial charge is 0.228 e. The van der Waals surface area contributed by atoms with Crippen molar-refractivity contribution in [2.45, 2.75) is 25.2 Å². The summed E-state index contributed by atoms with van der Waals surface area (Å²) in [4.78, 5) is 21.1. The zero-order valence-corrected chi connectivity index (χ0v) is 17.8. The molecule has 8 heteroatoms. The van der Waals surface area contributed by atoms with Crippen LogP contribution in [-0.4, -0.2) is 55.1 Å². The van der Waals surface area contributed by atoms with Crippen LogP contribution in [0, 0.1) is 5.92 Å². The molecule has 6 nitrogen and oxygen atoms in total. The van der Waals surface area contributed by atoms with Crippen molar-refractivity contribution < 1.29 is 9.53 Å². The first kappa shape index (κ1) is 19.2. The summed E-state index contributed by atoms with van der Waals surface area (Å²) in [6, 6.07) is 6.13. The van der Waals surface area contributed by atoms with Gasteiger partial charge in [-0.3, -0.25) is 9.69 Å². The Balaban J connectivity index is 1.01. The molecule has 2 fully saturated rings. The molecule has 154 valence electrons. The second-order valence-corrected chi connectivity index (χ2v) is 9.66. The number of nitrogens with one attached hydrogen (secondary N) is 1. The van der Waals surface area contributed by atoms with Crippen LogP contribution in [0.1, 0.15) is 30.7 Å². The van der Waals surface area contributed by atoms with Gasteiger partial charge in [0.15, 0.2) is 5.13 Å². The van der Waals surface area contributed by atoms with Crippen molar-refractivity contribution in [2.24, 2.45) is 5.92 Å². The van der Waals surface area contributed by atoms with Crippen LogP contribution in [0.25, 0.3) is 0 Å². The van der Waals surface area contributed by atoms with Gasteiger partial charge in [0.25, 0.3) is 0 Å². The molecule has 1 aromatic heterocycles. The summed E-state index contributed by atoms with van der Waals surface area (Å²) in [5, 5.41) is 4.04. The average Bonchev–Trinajstić information content (AvgIpc) is 3.43. The number of fused-ring (bicyclic) bond motifs is 3. The fourth-order valence-electron chi connectivity index (χ4n) is 4.29. The second kappa shape index (κ2) is 8.13. The predicted octanol–water partition coefficient (Wildman–Crippen LogP) is 3.83. The van der Waals surface area contributed by atoms with Crippen molar-refractivity contribution >= 4 is 39.7 Å². The minimum Gasteiger partial charge on any atom is -0.494 e. The van der Waals surface area contributed by atoms with Gasteiger partial charge in [0.05, 0.1) is 12.8 Å². The van der Waals surface area contributed by atoms with E-state index in [1.165, 1.54) is 5.56 Å². The van der Waals surface area contributed by atoms with Gasteiger partial charge in [-0.2, -0.15) is 0 Å². The van der Waals surface area contributed by atoms with E-state index in [4.69, 9.17) is 16.3 Å². The van der Waals surface area contributed by atoms with Gasteiger partial charge in [-0.25, -0.2) is 4.98 Å². The first-order chi connectivity index (χ1) is 14.2. The molecule has 0 bridgehead atoms. The predicted molar refractivity (Wildman–Crippen MR) is 116 cm³/mol. The van der Waals surface area contributed by atoms with Crippen LogP contribution in [0.2, 0.25) is 4.34 Å². The molecule has 1 aromatic carbocycles. The van der Waals surface area contributed by atoms with Gasteiger partial charge in [-0.05, 0) is 43.4 Å². The highest BCUT2D eigenvalue weighted by molar-refractivity contribution is 7.19. The molecule has 0 spiro atoms. The molecule has 1 saturated heterocycles. The molecule has 1 saturated carbocycles. The van der Waals surface area contributed by atoms with E-state index in [0.29, 0.717) is 12.5 Å². The number of nitrogens with zero attached hydrogens (tertiary/aromatic N) is 3. The summed E-state index contributed by atoms with van der Waals surface area (Å²) >= 11 is 7.54. The highest BCUT2D eigenvalue weighted by Crippen LogP contribution is 2.53. The van der Waals surface area contributed by atoms with E-state index in [0.717, 1.165) is 72.9 Å². The Bertz CT molecular complexity index is 897. The minimum atomic E-state index is 0.165. The first-order valence-electron chi connectivity index (χ1n) is 10.3. The number of hydrogen-bond acceptors (Lipinski definition) is 6. The van der Waals surface area contributed by atoms with Crippen molar-refractivity contribution in [1.29, 1.82) is 0 Å². The Kier molecular flexibility index (Phi) is 5.37. The molecule has 0 radical (unpaired) electrons. The number of amides is 1. The lowest BCUT2D eigenvalue weighted by Crippen LogP contribution is -2.46. The second-order valence-electron chi connectivity index (χ2n) is 8.02. The van der Waals surface area contributed by atoms with Gasteiger partial charge in [0.2, 0.25) is 5.91 Å². The average molecular weight is 433 g/mol. The van der Waals surface area contributed by atoms with Crippen LogP contribution < -0.4 is 15.0 Å². The maximum absolute atomic E-state index is 11.9. The number of rotatable bonds is 7. The van der Waals surface area contributed by atoms with E-state index < -0.39 is 0 Å². The lowest BCUT2D eigenvalue weighted by atomic mass is 10.0. The van der Waals surface area contributed by atoms with Gasteiger partial charge in [-0.15, -0.1) is 0 Å². The largest absolute Gasteiger partial charge is 0.494 e. The van der Waals surface area contributed by atoms with Gasteiger partial charge in [0.1, 0.15) is 10.1 Å². The summed E-state index contributed by atoms with van der Waals surface area (Å²) in [7, 11) is 0. The van der Waals surface area contributed by atoms with Crippen molar-refractivity contribution in [1.82, 2.24) is 9.88 Å². The SMILES string of the molecule is O=C1Nc2cc(OCCCCN3CCN(c4ncc(Cl)s4)CC3)ccc2C2CC12. The quantitative estimate of drug-likeness (QED) is 0.674. The number of carbonyl (C=O) groups excluding carboxylic acids is 1. The Labute approximate surface area is 179 Å². The van der Waals surface area contributed by atoms with E-state index >= 15 is 0 Å². The number of ether oxygens (including phenoxy) is 1. The molecule has 2 aliphatic heterocycles. The molecule has 2 atom stereocenters. The van der Waals surface area contributed by atoms with Crippen LogP contribution >= 0.6 is 22.9 Å². The summed E-state index contributed by atoms with van der Waals surface area (Å²) in [5.74, 6) is 1.65. The Morgan fingerprint density at radius 1 is 1.21 bits per heavy atom. The molecule has 1 N–H and O–H groups in total. The molecule has 1 aliphatic carbocycles. The molecular weight excluding hydrogens is 408 g/mol. The van der Waals surface area contributed by atoms with Crippen LogP contribution in [0.4, 0.5) is 10.8 Å². The molecular formula is C21H25ClN4O2S. The van der Waals surface area contributed by atoms with Crippen LogP contribution in [0.3, 0.4) is 0 Å². The van der Waals surface area contributed by atoms with Crippen LogP contribution in [0.15, 0.2) is 24.4 Å². The van der Waals surface area contributed by atoms with Crippen molar-refractivity contribution in [3.05, 3.63) is 34.3 Å². The van der Waals surface area contributed by atoms with Crippen LogP contribution in [-0.2, 0) is 4.79 Å². The van der Waals surface area contributed by atoms with Gasteiger partial charge in [-0.1, -0.05) is 29.0 Å². The molecule has 1 amide bonds. The van der Waals surface area contributed by atoms with Gasteiger partial charge < -0.3 is 15.0 Å². The van der Waals surface area contributed by atoms with Crippen molar-refractivity contribution in [3.63, 3.8) is 0 Å². The molecule has 2 aromatic rings. The van der Waals surface area contributed by atoms with Crippen molar-refractivity contribution in [2.75, 3.05) is 49.5 Å². The van der Waals surface area contributed by atoms with E-state index in [9.17, 15) is 4.79 Å². The molecule has 5 rings (SSSR count).